The summed E-state index contributed by atoms with van der Waals surface area (Å²) < 4.78 is 4.95. The molecule has 0 aliphatic heterocycles. The molecule has 0 aromatic heterocycles. The van der Waals surface area contributed by atoms with E-state index in [-0.39, 0.29) is 29.2 Å². The van der Waals surface area contributed by atoms with Crippen molar-refractivity contribution in [1.29, 1.82) is 0 Å². The van der Waals surface area contributed by atoms with Gasteiger partial charge in [0.25, 0.3) is 5.69 Å². The molecular formula is C15H22N2O4. The summed E-state index contributed by atoms with van der Waals surface area (Å²) in [4.78, 5) is 24.1. The Morgan fingerprint density at radius 3 is 2.62 bits per heavy atom. The number of nitrogens with zero attached hydrogens (tertiary/aromatic N) is 2. The molecule has 0 aliphatic rings. The van der Waals surface area contributed by atoms with E-state index in [0.717, 1.165) is 0 Å². The Balaban J connectivity index is 2.69. The average molecular weight is 294 g/mol. The lowest BCUT2D eigenvalue weighted by Gasteiger charge is -2.25. The molecule has 0 amide bonds. The lowest BCUT2D eigenvalue weighted by molar-refractivity contribution is -0.385. The van der Waals surface area contributed by atoms with Crippen LogP contribution >= 0.6 is 0 Å². The molecule has 0 bridgehead atoms. The Bertz CT molecular complexity index is 488. The van der Waals surface area contributed by atoms with Gasteiger partial charge in [-0.2, -0.15) is 0 Å². The molecule has 1 aromatic carbocycles. The Labute approximate surface area is 124 Å². The van der Waals surface area contributed by atoms with Crippen LogP contribution in [0.5, 0.6) is 0 Å². The fourth-order valence-corrected chi connectivity index (χ4v) is 2.06. The number of para-hydroxylation sites is 1. The van der Waals surface area contributed by atoms with Crippen molar-refractivity contribution in [3.05, 3.63) is 39.9 Å². The zero-order chi connectivity index (χ0) is 15.8. The first-order valence-corrected chi connectivity index (χ1v) is 7.07. The van der Waals surface area contributed by atoms with Gasteiger partial charge >= 0.3 is 5.97 Å². The molecule has 0 atom stereocenters. The van der Waals surface area contributed by atoms with Crippen molar-refractivity contribution in [1.82, 2.24) is 4.90 Å². The summed E-state index contributed by atoms with van der Waals surface area (Å²) in [6.45, 7) is 6.87. The number of hydrogen-bond acceptors (Lipinski definition) is 5. The van der Waals surface area contributed by atoms with E-state index in [2.05, 4.69) is 0 Å². The van der Waals surface area contributed by atoms with Crippen LogP contribution in [-0.2, 0) is 16.0 Å². The van der Waals surface area contributed by atoms with E-state index in [0.29, 0.717) is 25.1 Å². The van der Waals surface area contributed by atoms with Gasteiger partial charge in [-0.15, -0.1) is 0 Å². The largest absolute Gasteiger partial charge is 0.465 e. The molecule has 6 nitrogen and oxygen atoms in total. The van der Waals surface area contributed by atoms with Crippen LogP contribution in [0.4, 0.5) is 5.69 Å². The highest BCUT2D eigenvalue weighted by Gasteiger charge is 2.17. The first-order chi connectivity index (χ1) is 9.95. The van der Waals surface area contributed by atoms with E-state index in [1.54, 1.807) is 25.1 Å². The molecule has 6 heteroatoms. The van der Waals surface area contributed by atoms with Crippen molar-refractivity contribution in [2.75, 3.05) is 19.7 Å². The molecule has 0 unspecified atom stereocenters. The van der Waals surface area contributed by atoms with Crippen LogP contribution in [0, 0.1) is 10.1 Å². The second-order valence-corrected chi connectivity index (χ2v) is 5.01. The normalized spacial score (nSPS) is 10.9. The first-order valence-electron chi connectivity index (χ1n) is 7.07. The SMILES string of the molecule is CCOC(=O)CN(CCc1ccccc1[N+](=O)[O-])C(C)C. The number of carbonyl (C=O) groups is 1. The van der Waals surface area contributed by atoms with E-state index in [1.807, 2.05) is 18.7 Å². The van der Waals surface area contributed by atoms with Crippen molar-refractivity contribution in [2.45, 2.75) is 33.2 Å². The standard InChI is InChI=1S/C15H22N2O4/c1-4-21-15(18)11-16(12(2)3)10-9-13-7-5-6-8-14(13)17(19)20/h5-8,12H,4,9-11H2,1-3H3. The van der Waals surface area contributed by atoms with E-state index < -0.39 is 0 Å². The van der Waals surface area contributed by atoms with Crippen LogP contribution in [0.2, 0.25) is 0 Å². The van der Waals surface area contributed by atoms with Crippen molar-refractivity contribution in [3.8, 4) is 0 Å². The minimum atomic E-state index is -0.375. The summed E-state index contributed by atoms with van der Waals surface area (Å²) in [6, 6.07) is 6.85. The summed E-state index contributed by atoms with van der Waals surface area (Å²) in [5.74, 6) is -0.270. The van der Waals surface area contributed by atoms with Crippen LogP contribution in [0.3, 0.4) is 0 Å². The summed E-state index contributed by atoms with van der Waals surface area (Å²) in [5, 5.41) is 11.0. The van der Waals surface area contributed by atoms with Gasteiger partial charge in [0, 0.05) is 24.2 Å². The molecular weight excluding hydrogens is 272 g/mol. The number of hydrogen-bond donors (Lipinski definition) is 0. The van der Waals surface area contributed by atoms with Gasteiger partial charge in [0.1, 0.15) is 0 Å². The number of nitro benzene ring substituents is 1. The number of rotatable bonds is 8. The number of ether oxygens (including phenoxy) is 1. The highest BCUT2D eigenvalue weighted by atomic mass is 16.6. The summed E-state index contributed by atoms with van der Waals surface area (Å²) >= 11 is 0. The molecule has 0 radical (unpaired) electrons. The van der Waals surface area contributed by atoms with Crippen LogP contribution in [-0.4, -0.2) is 41.5 Å². The molecule has 116 valence electrons. The fraction of sp³-hybridized carbons (Fsp3) is 0.533. The molecule has 0 fully saturated rings. The summed E-state index contributed by atoms with van der Waals surface area (Å²) in [7, 11) is 0. The Kier molecular flexibility index (Phi) is 6.81. The maximum atomic E-state index is 11.6. The van der Waals surface area contributed by atoms with Gasteiger partial charge in [-0.1, -0.05) is 18.2 Å². The molecule has 1 rings (SSSR count). The van der Waals surface area contributed by atoms with E-state index >= 15 is 0 Å². The molecule has 0 spiro atoms. The van der Waals surface area contributed by atoms with Crippen LogP contribution in [0.15, 0.2) is 24.3 Å². The molecule has 0 saturated carbocycles. The van der Waals surface area contributed by atoms with Crippen LogP contribution in [0.1, 0.15) is 26.3 Å². The zero-order valence-corrected chi connectivity index (χ0v) is 12.7. The molecule has 1 aromatic rings. The lowest BCUT2D eigenvalue weighted by Crippen LogP contribution is -2.38. The number of nitro groups is 1. The second kappa shape index (κ2) is 8.36. The highest BCUT2D eigenvalue weighted by molar-refractivity contribution is 5.71. The maximum Gasteiger partial charge on any atom is 0.320 e. The minimum absolute atomic E-state index is 0.123. The van der Waals surface area contributed by atoms with Gasteiger partial charge in [-0.25, -0.2) is 0 Å². The molecule has 0 saturated heterocycles. The second-order valence-electron chi connectivity index (χ2n) is 5.01. The first kappa shape index (κ1) is 17.1. The summed E-state index contributed by atoms with van der Waals surface area (Å²) in [6.07, 6.45) is 0.523. The van der Waals surface area contributed by atoms with Crippen molar-refractivity contribution in [2.24, 2.45) is 0 Å². The van der Waals surface area contributed by atoms with Crippen molar-refractivity contribution >= 4 is 11.7 Å². The topological polar surface area (TPSA) is 72.7 Å². The zero-order valence-electron chi connectivity index (χ0n) is 12.7. The van der Waals surface area contributed by atoms with Gasteiger partial charge in [0.2, 0.25) is 0 Å². The van der Waals surface area contributed by atoms with E-state index in [9.17, 15) is 14.9 Å². The number of benzene rings is 1. The number of carbonyl (C=O) groups excluding carboxylic acids is 1. The highest BCUT2D eigenvalue weighted by Crippen LogP contribution is 2.18. The van der Waals surface area contributed by atoms with Crippen LogP contribution < -0.4 is 0 Å². The third kappa shape index (κ3) is 5.51. The molecule has 0 aliphatic carbocycles. The number of esters is 1. The monoisotopic (exact) mass is 294 g/mol. The smallest absolute Gasteiger partial charge is 0.320 e. The molecule has 0 N–H and O–H groups in total. The predicted molar refractivity (Wildman–Crippen MR) is 80.1 cm³/mol. The third-order valence-electron chi connectivity index (χ3n) is 3.22. The Morgan fingerprint density at radius 1 is 1.38 bits per heavy atom. The van der Waals surface area contributed by atoms with Gasteiger partial charge in [-0.3, -0.25) is 19.8 Å². The molecule has 0 heterocycles. The summed E-state index contributed by atoms with van der Waals surface area (Å²) in [5.41, 5.74) is 0.800. The quantitative estimate of drug-likeness (QED) is 0.418. The molecule has 21 heavy (non-hydrogen) atoms. The van der Waals surface area contributed by atoms with Crippen molar-refractivity contribution < 1.29 is 14.5 Å². The maximum absolute atomic E-state index is 11.6. The Hall–Kier alpha value is -1.95. The van der Waals surface area contributed by atoms with Gasteiger partial charge in [0.05, 0.1) is 18.1 Å². The van der Waals surface area contributed by atoms with Gasteiger partial charge < -0.3 is 4.74 Å². The predicted octanol–water partition coefficient (Wildman–Crippen LogP) is 2.41. The van der Waals surface area contributed by atoms with Crippen molar-refractivity contribution in [3.63, 3.8) is 0 Å². The minimum Gasteiger partial charge on any atom is -0.465 e. The average Bonchev–Trinajstić information content (AvgIpc) is 2.43. The van der Waals surface area contributed by atoms with Crippen LogP contribution in [0.25, 0.3) is 0 Å². The van der Waals surface area contributed by atoms with E-state index in [1.165, 1.54) is 6.07 Å². The van der Waals surface area contributed by atoms with E-state index in [4.69, 9.17) is 4.74 Å². The Morgan fingerprint density at radius 2 is 2.05 bits per heavy atom. The lowest BCUT2D eigenvalue weighted by atomic mass is 10.1. The van der Waals surface area contributed by atoms with Gasteiger partial charge in [0.15, 0.2) is 0 Å². The fourth-order valence-electron chi connectivity index (χ4n) is 2.06. The van der Waals surface area contributed by atoms with Gasteiger partial charge in [-0.05, 0) is 27.2 Å². The third-order valence-corrected chi connectivity index (χ3v) is 3.22.